The minimum atomic E-state index is 0.221. The van der Waals surface area contributed by atoms with Crippen LogP contribution >= 0.6 is 0 Å². The Bertz CT molecular complexity index is 339. The molecule has 20 heavy (non-hydrogen) atoms. The van der Waals surface area contributed by atoms with Crippen molar-refractivity contribution in [3.05, 3.63) is 0 Å². The number of carbonyl (C=O) groups is 1. The number of carbonyl (C=O) groups excluding carboxylic acids is 1. The second kappa shape index (κ2) is 6.05. The minimum absolute atomic E-state index is 0.221. The zero-order valence-electron chi connectivity index (χ0n) is 12.8. The second-order valence-electron chi connectivity index (χ2n) is 7.51. The molecule has 1 saturated heterocycles. The van der Waals surface area contributed by atoms with Crippen LogP contribution in [-0.4, -0.2) is 29.9 Å². The first kappa shape index (κ1) is 14.4. The Labute approximate surface area is 123 Å². The molecule has 0 bridgehead atoms. The van der Waals surface area contributed by atoms with Crippen molar-refractivity contribution in [3.8, 4) is 0 Å². The predicted molar refractivity (Wildman–Crippen MR) is 81.3 cm³/mol. The molecule has 3 aliphatic rings. The third-order valence-corrected chi connectivity index (χ3v) is 6.11. The molecule has 3 fully saturated rings. The number of hydrogen-bond acceptors (Lipinski definition) is 2. The molecule has 2 N–H and O–H groups in total. The smallest absolute Gasteiger partial charge is 0.225 e. The highest BCUT2D eigenvalue weighted by Gasteiger charge is 2.38. The largest absolute Gasteiger partial charge is 0.342 e. The lowest BCUT2D eigenvalue weighted by atomic mass is 9.68. The molecule has 114 valence electrons. The van der Waals surface area contributed by atoms with Crippen LogP contribution < -0.4 is 5.73 Å². The van der Waals surface area contributed by atoms with Crippen molar-refractivity contribution < 1.29 is 4.79 Å². The van der Waals surface area contributed by atoms with Gasteiger partial charge in [-0.25, -0.2) is 0 Å². The lowest BCUT2D eigenvalue weighted by Crippen LogP contribution is -2.47. The van der Waals surface area contributed by atoms with E-state index in [1.807, 2.05) is 0 Å². The van der Waals surface area contributed by atoms with Crippen LogP contribution in [-0.2, 0) is 4.79 Å². The van der Waals surface area contributed by atoms with Gasteiger partial charge in [-0.1, -0.05) is 25.7 Å². The number of nitrogens with two attached hydrogens (primary N) is 1. The summed E-state index contributed by atoms with van der Waals surface area (Å²) in [4.78, 5) is 14.8. The summed E-state index contributed by atoms with van der Waals surface area (Å²) in [6.07, 6.45) is 13.8. The van der Waals surface area contributed by atoms with Gasteiger partial charge in [0.25, 0.3) is 0 Å². The highest BCUT2D eigenvalue weighted by atomic mass is 16.2. The van der Waals surface area contributed by atoms with E-state index in [0.29, 0.717) is 11.3 Å². The van der Waals surface area contributed by atoms with Crippen LogP contribution in [0, 0.1) is 11.3 Å². The van der Waals surface area contributed by atoms with E-state index in [1.165, 1.54) is 44.9 Å². The van der Waals surface area contributed by atoms with Crippen molar-refractivity contribution in [3.63, 3.8) is 0 Å². The van der Waals surface area contributed by atoms with Crippen molar-refractivity contribution in [2.45, 2.75) is 76.7 Å². The van der Waals surface area contributed by atoms with E-state index in [2.05, 4.69) is 4.90 Å². The summed E-state index contributed by atoms with van der Waals surface area (Å²) in [7, 11) is 0. The molecule has 0 aromatic heterocycles. The van der Waals surface area contributed by atoms with Gasteiger partial charge in [0.15, 0.2) is 0 Å². The molecule has 2 saturated carbocycles. The molecule has 1 aliphatic heterocycles. The van der Waals surface area contributed by atoms with Gasteiger partial charge >= 0.3 is 0 Å². The van der Waals surface area contributed by atoms with Crippen molar-refractivity contribution in [1.82, 2.24) is 4.90 Å². The van der Waals surface area contributed by atoms with Gasteiger partial charge < -0.3 is 10.6 Å². The van der Waals surface area contributed by atoms with Crippen LogP contribution in [0.4, 0.5) is 0 Å². The molecular weight excluding hydrogens is 248 g/mol. The molecule has 1 spiro atoms. The number of piperidine rings is 1. The van der Waals surface area contributed by atoms with Crippen molar-refractivity contribution in [2.75, 3.05) is 13.1 Å². The zero-order chi connectivity index (χ0) is 14.0. The summed E-state index contributed by atoms with van der Waals surface area (Å²) in [6.45, 7) is 2.01. The predicted octanol–water partition coefficient (Wildman–Crippen LogP) is 3.08. The number of nitrogens with zero attached hydrogens (tertiary/aromatic N) is 1. The summed E-state index contributed by atoms with van der Waals surface area (Å²) in [5.74, 6) is 0.630. The highest BCUT2D eigenvalue weighted by molar-refractivity contribution is 5.79. The monoisotopic (exact) mass is 278 g/mol. The molecule has 2 aliphatic carbocycles. The molecule has 1 amide bonds. The normalized spacial score (nSPS) is 34.1. The lowest BCUT2D eigenvalue weighted by Gasteiger charge is -2.45. The Kier molecular flexibility index (Phi) is 4.34. The molecule has 3 heteroatoms. The fourth-order valence-electron chi connectivity index (χ4n) is 4.71. The zero-order valence-corrected chi connectivity index (χ0v) is 12.8. The molecular formula is C17H30N2O. The number of rotatable bonds is 1. The van der Waals surface area contributed by atoms with Crippen molar-refractivity contribution in [2.24, 2.45) is 17.1 Å². The van der Waals surface area contributed by atoms with E-state index >= 15 is 0 Å². The van der Waals surface area contributed by atoms with Gasteiger partial charge in [0.2, 0.25) is 5.91 Å². The highest BCUT2D eigenvalue weighted by Crippen LogP contribution is 2.44. The Balaban J connectivity index is 1.53. The molecule has 3 rings (SSSR count). The molecule has 0 aromatic rings. The summed E-state index contributed by atoms with van der Waals surface area (Å²) < 4.78 is 0. The van der Waals surface area contributed by atoms with Crippen LogP contribution in [0.1, 0.15) is 70.6 Å². The Morgan fingerprint density at radius 3 is 2.30 bits per heavy atom. The Morgan fingerprint density at radius 2 is 1.65 bits per heavy atom. The quantitative estimate of drug-likeness (QED) is 0.801. The van der Waals surface area contributed by atoms with E-state index in [0.717, 1.165) is 38.8 Å². The van der Waals surface area contributed by atoms with Gasteiger partial charge in [0, 0.05) is 25.0 Å². The maximum absolute atomic E-state index is 12.6. The van der Waals surface area contributed by atoms with Gasteiger partial charge in [-0.2, -0.15) is 0 Å². The molecule has 2 unspecified atom stereocenters. The first-order valence-corrected chi connectivity index (χ1v) is 8.73. The van der Waals surface area contributed by atoms with E-state index in [9.17, 15) is 4.79 Å². The number of likely N-dealkylation sites (tertiary alicyclic amines) is 1. The van der Waals surface area contributed by atoms with Crippen molar-refractivity contribution >= 4 is 5.91 Å². The molecule has 1 heterocycles. The third kappa shape index (κ3) is 3.03. The first-order chi connectivity index (χ1) is 9.69. The van der Waals surface area contributed by atoms with Crippen LogP contribution in [0.3, 0.4) is 0 Å². The maximum Gasteiger partial charge on any atom is 0.225 e. The van der Waals surface area contributed by atoms with E-state index < -0.39 is 0 Å². The average Bonchev–Trinajstić information content (AvgIpc) is 2.48. The number of hydrogen-bond donors (Lipinski definition) is 1. The van der Waals surface area contributed by atoms with Gasteiger partial charge in [-0.15, -0.1) is 0 Å². The first-order valence-electron chi connectivity index (χ1n) is 8.73. The topological polar surface area (TPSA) is 46.3 Å². The van der Waals surface area contributed by atoms with Crippen molar-refractivity contribution in [1.29, 1.82) is 0 Å². The maximum atomic E-state index is 12.6. The SMILES string of the molecule is NC1CCCC(C(=O)N2CCC3(CCCCC3)CC2)C1. The van der Waals surface area contributed by atoms with E-state index in [4.69, 9.17) is 5.73 Å². The molecule has 3 nitrogen and oxygen atoms in total. The summed E-state index contributed by atoms with van der Waals surface area (Å²) in [5, 5.41) is 0. The third-order valence-electron chi connectivity index (χ3n) is 6.11. The van der Waals surface area contributed by atoms with Crippen LogP contribution in [0.15, 0.2) is 0 Å². The van der Waals surface area contributed by atoms with Crippen LogP contribution in [0.25, 0.3) is 0 Å². The average molecular weight is 278 g/mol. The summed E-state index contributed by atoms with van der Waals surface area (Å²) >= 11 is 0. The Morgan fingerprint density at radius 1 is 0.950 bits per heavy atom. The standard InChI is InChI=1S/C17H30N2O/c18-15-6-4-5-14(13-15)16(20)19-11-9-17(10-12-19)7-2-1-3-8-17/h14-15H,1-13,18H2. The molecule has 2 atom stereocenters. The Hall–Kier alpha value is -0.570. The fraction of sp³-hybridized carbons (Fsp3) is 0.941. The summed E-state index contributed by atoms with van der Waals surface area (Å²) in [6, 6.07) is 0.257. The number of amides is 1. The lowest BCUT2D eigenvalue weighted by molar-refractivity contribution is -0.139. The second-order valence-corrected chi connectivity index (χ2v) is 7.51. The van der Waals surface area contributed by atoms with Gasteiger partial charge in [0.05, 0.1) is 0 Å². The van der Waals surface area contributed by atoms with E-state index in [-0.39, 0.29) is 12.0 Å². The minimum Gasteiger partial charge on any atom is -0.342 e. The fourth-order valence-corrected chi connectivity index (χ4v) is 4.71. The van der Waals surface area contributed by atoms with Crippen LogP contribution in [0.2, 0.25) is 0 Å². The van der Waals surface area contributed by atoms with Gasteiger partial charge in [-0.3, -0.25) is 4.79 Å². The molecule has 0 radical (unpaired) electrons. The van der Waals surface area contributed by atoms with E-state index in [1.54, 1.807) is 0 Å². The molecule has 0 aromatic carbocycles. The summed E-state index contributed by atoms with van der Waals surface area (Å²) in [5.41, 5.74) is 6.63. The van der Waals surface area contributed by atoms with Gasteiger partial charge in [-0.05, 0) is 50.4 Å². The van der Waals surface area contributed by atoms with Gasteiger partial charge in [0.1, 0.15) is 0 Å². The van der Waals surface area contributed by atoms with Crippen LogP contribution in [0.5, 0.6) is 0 Å².